The van der Waals surface area contributed by atoms with Crippen LogP contribution in [-0.2, 0) is 0 Å². The minimum absolute atomic E-state index is 0.0619. The molecule has 3 heteroatoms. The predicted octanol–water partition coefficient (Wildman–Crippen LogP) is 3.77. The molecule has 1 aromatic heterocycles. The summed E-state index contributed by atoms with van der Waals surface area (Å²) in [6.45, 7) is 8.14. The van der Waals surface area contributed by atoms with Crippen LogP contribution in [0.1, 0.15) is 62.6 Å². The maximum Gasteiger partial charge on any atom is 0.205 e. The number of Topliss-reactive ketones (excluding diaryl/α,β-unsaturated/α-hetero) is 1. The summed E-state index contributed by atoms with van der Waals surface area (Å²) >= 11 is 0. The molecule has 0 aliphatic heterocycles. The third kappa shape index (κ3) is 5.35. The number of aryl methyl sites for hydroxylation is 1. The second-order valence-electron chi connectivity index (χ2n) is 3.57. The lowest BCUT2D eigenvalue weighted by molar-refractivity contribution is 0.0943. The van der Waals surface area contributed by atoms with Crippen LogP contribution in [0, 0.1) is 6.92 Å². The van der Waals surface area contributed by atoms with Gasteiger partial charge in [0, 0.05) is 12.0 Å². The summed E-state index contributed by atoms with van der Waals surface area (Å²) < 4.78 is 4.82. The number of nitrogens with zero attached hydrogens (tertiary/aromatic N) is 1. The molecule has 1 aromatic rings. The van der Waals surface area contributed by atoms with E-state index in [1.165, 1.54) is 6.42 Å². The Labute approximate surface area is 91.8 Å². The Morgan fingerprint density at radius 3 is 2.40 bits per heavy atom. The summed E-state index contributed by atoms with van der Waals surface area (Å²) in [5.74, 6) is 0.482. The van der Waals surface area contributed by atoms with Gasteiger partial charge in [0.1, 0.15) is 0 Å². The molecule has 0 radical (unpaired) electrons. The molecule has 0 aromatic carbocycles. The zero-order valence-electron chi connectivity index (χ0n) is 10.2. The minimum atomic E-state index is 0.0619. The predicted molar refractivity (Wildman–Crippen MR) is 61.1 cm³/mol. The smallest absolute Gasteiger partial charge is 0.205 e. The molecular weight excluding hydrogens is 190 g/mol. The van der Waals surface area contributed by atoms with Crippen LogP contribution >= 0.6 is 0 Å². The first-order valence-electron chi connectivity index (χ1n) is 5.61. The van der Waals surface area contributed by atoms with Crippen LogP contribution in [0.15, 0.2) is 10.7 Å². The second-order valence-corrected chi connectivity index (χ2v) is 3.57. The van der Waals surface area contributed by atoms with Gasteiger partial charge in [0.25, 0.3) is 0 Å². The van der Waals surface area contributed by atoms with E-state index < -0.39 is 0 Å². The van der Waals surface area contributed by atoms with E-state index in [-0.39, 0.29) is 5.78 Å². The molecule has 86 valence electrons. The van der Waals surface area contributed by atoms with Gasteiger partial charge < -0.3 is 4.52 Å². The highest BCUT2D eigenvalue weighted by molar-refractivity contribution is 5.94. The number of aromatic nitrogens is 1. The van der Waals surface area contributed by atoms with E-state index in [4.69, 9.17) is 4.52 Å². The van der Waals surface area contributed by atoms with Gasteiger partial charge >= 0.3 is 0 Å². The number of hydrogen-bond acceptors (Lipinski definition) is 3. The van der Waals surface area contributed by atoms with Crippen molar-refractivity contribution in [2.24, 2.45) is 0 Å². The second kappa shape index (κ2) is 8.21. The molecule has 0 fully saturated rings. The van der Waals surface area contributed by atoms with Crippen molar-refractivity contribution in [3.8, 4) is 0 Å². The van der Waals surface area contributed by atoms with Crippen molar-refractivity contribution in [2.75, 3.05) is 0 Å². The van der Waals surface area contributed by atoms with Crippen LogP contribution in [0.3, 0.4) is 0 Å². The Kier molecular flexibility index (Phi) is 7.60. The van der Waals surface area contributed by atoms with E-state index in [0.29, 0.717) is 12.2 Å². The topological polar surface area (TPSA) is 43.1 Å². The fourth-order valence-electron chi connectivity index (χ4n) is 1.01. The number of ketones is 1. The molecule has 0 aliphatic rings. The molecule has 1 rings (SSSR count). The molecule has 0 atom stereocenters. The molecule has 0 bridgehead atoms. The zero-order valence-corrected chi connectivity index (χ0v) is 10.2. The lowest BCUT2D eigenvalue weighted by Crippen LogP contribution is -1.98. The number of unbranched alkanes of at least 4 members (excludes halogenated alkanes) is 1. The van der Waals surface area contributed by atoms with Crippen LogP contribution in [0.25, 0.3) is 0 Å². The zero-order chi connectivity index (χ0) is 11.7. The van der Waals surface area contributed by atoms with Crippen molar-refractivity contribution in [2.45, 2.75) is 53.4 Å². The number of carbonyl (C=O) groups excluding carboxylic acids is 1. The summed E-state index contributed by atoms with van der Waals surface area (Å²) in [7, 11) is 0. The number of rotatable bonds is 4. The minimum Gasteiger partial charge on any atom is -0.353 e. The van der Waals surface area contributed by atoms with Gasteiger partial charge in [-0.3, -0.25) is 4.79 Å². The normalized spacial score (nSPS) is 9.33. The Balaban J connectivity index is 0.000000583. The van der Waals surface area contributed by atoms with Gasteiger partial charge in [-0.25, -0.2) is 0 Å². The summed E-state index contributed by atoms with van der Waals surface area (Å²) in [6.07, 6.45) is 5.32. The molecule has 15 heavy (non-hydrogen) atoms. The third-order valence-electron chi connectivity index (χ3n) is 1.76. The maximum absolute atomic E-state index is 11.4. The summed E-state index contributed by atoms with van der Waals surface area (Å²) in [6, 6.07) is 0. The Morgan fingerprint density at radius 1 is 1.40 bits per heavy atom. The molecule has 0 aliphatic carbocycles. The van der Waals surface area contributed by atoms with Gasteiger partial charge in [-0.05, 0) is 13.3 Å². The van der Waals surface area contributed by atoms with Gasteiger partial charge in [-0.15, -0.1) is 0 Å². The van der Waals surface area contributed by atoms with Crippen molar-refractivity contribution in [1.29, 1.82) is 0 Å². The van der Waals surface area contributed by atoms with E-state index in [9.17, 15) is 4.79 Å². The van der Waals surface area contributed by atoms with Crippen molar-refractivity contribution in [3.63, 3.8) is 0 Å². The molecule has 0 saturated carbocycles. The standard InChI is InChI=1S/C9H13NO2.C3H8/c1-3-4-5-8(11)9-7(2)6-10-12-9;1-3-2/h6H,3-5H2,1-2H3;3H2,1-2H3. The highest BCUT2D eigenvalue weighted by Gasteiger charge is 2.12. The van der Waals surface area contributed by atoms with E-state index in [2.05, 4.69) is 25.9 Å². The summed E-state index contributed by atoms with van der Waals surface area (Å²) in [5.41, 5.74) is 0.830. The third-order valence-corrected chi connectivity index (χ3v) is 1.76. The highest BCUT2D eigenvalue weighted by atomic mass is 16.5. The lowest BCUT2D eigenvalue weighted by atomic mass is 10.1. The molecule has 0 unspecified atom stereocenters. The van der Waals surface area contributed by atoms with Crippen LogP contribution in [0.5, 0.6) is 0 Å². The van der Waals surface area contributed by atoms with E-state index in [1.54, 1.807) is 6.20 Å². The van der Waals surface area contributed by atoms with E-state index in [1.807, 2.05) is 6.92 Å². The summed E-state index contributed by atoms with van der Waals surface area (Å²) in [5, 5.41) is 3.56. The molecule has 0 spiro atoms. The largest absolute Gasteiger partial charge is 0.353 e. The average molecular weight is 211 g/mol. The molecule has 0 amide bonds. The SMILES string of the molecule is CCC.CCCCC(=O)c1oncc1C. The van der Waals surface area contributed by atoms with Crippen molar-refractivity contribution in [1.82, 2.24) is 5.16 Å². The molecular formula is C12H21NO2. The quantitative estimate of drug-likeness (QED) is 0.712. The average Bonchev–Trinajstić information content (AvgIpc) is 2.62. The molecule has 1 heterocycles. The maximum atomic E-state index is 11.4. The molecule has 3 nitrogen and oxygen atoms in total. The summed E-state index contributed by atoms with van der Waals surface area (Å²) in [4.78, 5) is 11.4. The molecule has 0 N–H and O–H groups in total. The van der Waals surface area contributed by atoms with Crippen molar-refractivity contribution >= 4 is 5.78 Å². The van der Waals surface area contributed by atoms with Crippen LogP contribution in [0.2, 0.25) is 0 Å². The van der Waals surface area contributed by atoms with Gasteiger partial charge in [0.2, 0.25) is 11.5 Å². The Bertz CT molecular complexity index is 279. The monoisotopic (exact) mass is 211 g/mol. The fourth-order valence-corrected chi connectivity index (χ4v) is 1.01. The van der Waals surface area contributed by atoms with Gasteiger partial charge in [-0.1, -0.05) is 38.8 Å². The van der Waals surface area contributed by atoms with Gasteiger partial charge in [0.15, 0.2) is 0 Å². The van der Waals surface area contributed by atoms with Gasteiger partial charge in [-0.2, -0.15) is 0 Å². The van der Waals surface area contributed by atoms with E-state index >= 15 is 0 Å². The number of carbonyl (C=O) groups is 1. The Morgan fingerprint density at radius 2 is 2.00 bits per heavy atom. The first kappa shape index (κ1) is 13.9. The number of hydrogen-bond donors (Lipinski definition) is 0. The first-order valence-corrected chi connectivity index (χ1v) is 5.61. The van der Waals surface area contributed by atoms with Crippen LogP contribution < -0.4 is 0 Å². The fraction of sp³-hybridized carbons (Fsp3) is 0.667. The van der Waals surface area contributed by atoms with Crippen LogP contribution in [0.4, 0.5) is 0 Å². The van der Waals surface area contributed by atoms with Crippen LogP contribution in [-0.4, -0.2) is 10.9 Å². The van der Waals surface area contributed by atoms with Crippen molar-refractivity contribution < 1.29 is 9.32 Å². The van der Waals surface area contributed by atoms with Crippen molar-refractivity contribution in [3.05, 3.63) is 17.5 Å². The Hall–Kier alpha value is -1.12. The molecule has 0 saturated heterocycles. The lowest BCUT2D eigenvalue weighted by Gasteiger charge is -1.94. The highest BCUT2D eigenvalue weighted by Crippen LogP contribution is 2.10. The van der Waals surface area contributed by atoms with E-state index in [0.717, 1.165) is 18.4 Å². The van der Waals surface area contributed by atoms with Gasteiger partial charge in [0.05, 0.1) is 6.20 Å². The first-order chi connectivity index (χ1) is 7.17.